The van der Waals surface area contributed by atoms with Crippen LogP contribution in [0.15, 0.2) is 5.38 Å². The van der Waals surface area contributed by atoms with Gasteiger partial charge in [0.25, 0.3) is 0 Å². The molecule has 0 saturated carbocycles. The number of hydrogen-bond acceptors (Lipinski definition) is 4. The molecule has 1 unspecified atom stereocenters. The zero-order valence-corrected chi connectivity index (χ0v) is 13.6. The van der Waals surface area contributed by atoms with Gasteiger partial charge in [0, 0.05) is 24.2 Å². The van der Waals surface area contributed by atoms with Crippen molar-refractivity contribution in [1.29, 1.82) is 0 Å². The van der Waals surface area contributed by atoms with Crippen LogP contribution in [0.4, 0.5) is 0 Å². The van der Waals surface area contributed by atoms with E-state index in [-0.39, 0.29) is 6.10 Å². The van der Waals surface area contributed by atoms with Crippen LogP contribution in [0.3, 0.4) is 0 Å². The third-order valence-electron chi connectivity index (χ3n) is 4.07. The van der Waals surface area contributed by atoms with Crippen LogP contribution >= 0.6 is 11.3 Å². The largest absolute Gasteiger partial charge is 0.392 e. The summed E-state index contributed by atoms with van der Waals surface area (Å²) in [6, 6.07) is 0. The summed E-state index contributed by atoms with van der Waals surface area (Å²) in [5.41, 5.74) is 3.50. The number of imidazole rings is 1. The number of nitrogens with one attached hydrogen (secondary N) is 1. The van der Waals surface area contributed by atoms with Gasteiger partial charge in [0.05, 0.1) is 17.5 Å². The SMILES string of the molecule is CCC(CC)C(O)CNCc1c(C)nc2scc(C)n12. The third-order valence-corrected chi connectivity index (χ3v) is 5.01. The molecule has 1 atom stereocenters. The van der Waals surface area contributed by atoms with Crippen LogP contribution in [0.5, 0.6) is 0 Å². The molecule has 2 N–H and O–H groups in total. The smallest absolute Gasteiger partial charge is 0.194 e. The fourth-order valence-electron chi connectivity index (χ4n) is 2.71. The van der Waals surface area contributed by atoms with E-state index in [0.29, 0.717) is 12.5 Å². The van der Waals surface area contributed by atoms with Crippen molar-refractivity contribution in [3.63, 3.8) is 0 Å². The first-order valence-corrected chi connectivity index (χ1v) is 8.27. The molecule has 4 nitrogen and oxygen atoms in total. The number of aliphatic hydroxyl groups is 1. The van der Waals surface area contributed by atoms with Gasteiger partial charge in [-0.05, 0) is 19.8 Å². The first-order valence-electron chi connectivity index (χ1n) is 7.39. The van der Waals surface area contributed by atoms with E-state index >= 15 is 0 Å². The Morgan fingerprint density at radius 1 is 1.35 bits per heavy atom. The average Bonchev–Trinajstić information content (AvgIpc) is 2.92. The normalized spacial score (nSPS) is 13.5. The van der Waals surface area contributed by atoms with Crippen LogP contribution < -0.4 is 5.32 Å². The highest BCUT2D eigenvalue weighted by Crippen LogP contribution is 2.20. The Bertz CT molecular complexity index is 557. The number of aliphatic hydroxyl groups excluding tert-OH is 1. The molecular weight excluding hydrogens is 270 g/mol. The van der Waals surface area contributed by atoms with Gasteiger partial charge < -0.3 is 10.4 Å². The summed E-state index contributed by atoms with van der Waals surface area (Å²) in [7, 11) is 0. The Hall–Kier alpha value is -0.910. The quantitative estimate of drug-likeness (QED) is 0.826. The van der Waals surface area contributed by atoms with Gasteiger partial charge in [0.1, 0.15) is 0 Å². The Labute approximate surface area is 124 Å². The van der Waals surface area contributed by atoms with Crippen LogP contribution in [-0.2, 0) is 6.54 Å². The number of rotatable bonds is 7. The van der Waals surface area contributed by atoms with Crippen molar-refractivity contribution in [2.24, 2.45) is 5.92 Å². The summed E-state index contributed by atoms with van der Waals surface area (Å²) in [6.07, 6.45) is 1.79. The Morgan fingerprint density at radius 3 is 2.70 bits per heavy atom. The highest BCUT2D eigenvalue weighted by molar-refractivity contribution is 7.15. The standard InChI is InChI=1S/C15H25N3OS/c1-5-12(6-2)14(19)8-16-7-13-11(4)17-15-18(13)10(3)9-20-15/h9,12,14,16,19H,5-8H2,1-4H3. The van der Waals surface area contributed by atoms with Gasteiger partial charge in [-0.25, -0.2) is 4.98 Å². The van der Waals surface area contributed by atoms with Crippen LogP contribution in [0.2, 0.25) is 0 Å². The monoisotopic (exact) mass is 295 g/mol. The molecule has 0 bridgehead atoms. The van der Waals surface area contributed by atoms with Crippen LogP contribution in [0.1, 0.15) is 43.8 Å². The summed E-state index contributed by atoms with van der Waals surface area (Å²) < 4.78 is 2.20. The fourth-order valence-corrected chi connectivity index (χ4v) is 3.64. The minimum atomic E-state index is -0.266. The van der Waals surface area contributed by atoms with E-state index in [1.54, 1.807) is 11.3 Å². The molecule has 0 radical (unpaired) electrons. The van der Waals surface area contributed by atoms with Crippen LogP contribution in [0.25, 0.3) is 4.96 Å². The lowest BCUT2D eigenvalue weighted by atomic mass is 9.96. The van der Waals surface area contributed by atoms with Crippen molar-refractivity contribution in [2.45, 2.75) is 53.2 Å². The molecule has 0 amide bonds. The van der Waals surface area contributed by atoms with Crippen molar-refractivity contribution in [1.82, 2.24) is 14.7 Å². The van der Waals surface area contributed by atoms with Crippen molar-refractivity contribution in [3.05, 3.63) is 22.5 Å². The highest BCUT2D eigenvalue weighted by Gasteiger charge is 2.16. The average molecular weight is 295 g/mol. The summed E-state index contributed by atoms with van der Waals surface area (Å²) in [6.45, 7) is 9.82. The molecule has 2 aromatic rings. The van der Waals surface area contributed by atoms with E-state index in [1.165, 1.54) is 11.4 Å². The third kappa shape index (κ3) is 3.05. The second-order valence-corrected chi connectivity index (χ2v) is 6.25. The van der Waals surface area contributed by atoms with E-state index < -0.39 is 0 Å². The molecule has 0 aliphatic rings. The van der Waals surface area contributed by atoms with Gasteiger partial charge >= 0.3 is 0 Å². The molecule has 0 aliphatic heterocycles. The zero-order chi connectivity index (χ0) is 14.7. The minimum absolute atomic E-state index is 0.266. The van der Waals surface area contributed by atoms with Gasteiger partial charge in [-0.2, -0.15) is 0 Å². The van der Waals surface area contributed by atoms with Gasteiger partial charge in [0.15, 0.2) is 4.96 Å². The van der Waals surface area contributed by atoms with E-state index in [2.05, 4.69) is 40.9 Å². The van der Waals surface area contributed by atoms with Crippen LogP contribution in [-0.4, -0.2) is 27.1 Å². The number of aryl methyl sites for hydroxylation is 2. The topological polar surface area (TPSA) is 49.6 Å². The molecule has 0 fully saturated rings. The highest BCUT2D eigenvalue weighted by atomic mass is 32.1. The lowest BCUT2D eigenvalue weighted by Crippen LogP contribution is -2.32. The zero-order valence-electron chi connectivity index (χ0n) is 12.8. The molecule has 20 heavy (non-hydrogen) atoms. The molecule has 2 aromatic heterocycles. The summed E-state index contributed by atoms with van der Waals surface area (Å²) in [5, 5.41) is 15.7. The summed E-state index contributed by atoms with van der Waals surface area (Å²) in [4.78, 5) is 5.63. The molecular formula is C15H25N3OS. The second-order valence-electron chi connectivity index (χ2n) is 5.41. The maximum Gasteiger partial charge on any atom is 0.194 e. The van der Waals surface area contributed by atoms with E-state index in [9.17, 15) is 5.11 Å². The first kappa shape index (κ1) is 15.5. The van der Waals surface area contributed by atoms with Crippen molar-refractivity contribution < 1.29 is 5.11 Å². The van der Waals surface area contributed by atoms with Gasteiger partial charge in [-0.15, -0.1) is 11.3 Å². The Morgan fingerprint density at radius 2 is 2.05 bits per heavy atom. The number of nitrogens with zero attached hydrogens (tertiary/aromatic N) is 2. The number of aromatic nitrogens is 2. The predicted octanol–water partition coefficient (Wildman–Crippen LogP) is 2.90. The Kier molecular flexibility index (Phi) is 5.18. The first-order chi connectivity index (χ1) is 9.58. The lowest BCUT2D eigenvalue weighted by molar-refractivity contribution is 0.101. The van der Waals surface area contributed by atoms with Crippen molar-refractivity contribution in [2.75, 3.05) is 6.54 Å². The van der Waals surface area contributed by atoms with Crippen molar-refractivity contribution >= 4 is 16.3 Å². The van der Waals surface area contributed by atoms with Gasteiger partial charge in [-0.3, -0.25) is 4.40 Å². The minimum Gasteiger partial charge on any atom is -0.392 e. The molecule has 2 rings (SSSR count). The number of fused-ring (bicyclic) bond motifs is 1. The molecule has 0 saturated heterocycles. The van der Waals surface area contributed by atoms with Gasteiger partial charge in [0.2, 0.25) is 0 Å². The fraction of sp³-hybridized carbons (Fsp3) is 0.667. The Balaban J connectivity index is 1.99. The van der Waals surface area contributed by atoms with E-state index in [1.807, 2.05) is 6.92 Å². The summed E-state index contributed by atoms with van der Waals surface area (Å²) >= 11 is 1.68. The lowest BCUT2D eigenvalue weighted by Gasteiger charge is -2.20. The number of thiazole rings is 1. The predicted molar refractivity (Wildman–Crippen MR) is 84.3 cm³/mol. The molecule has 0 aliphatic carbocycles. The molecule has 5 heteroatoms. The van der Waals surface area contributed by atoms with Gasteiger partial charge in [-0.1, -0.05) is 26.7 Å². The summed E-state index contributed by atoms with van der Waals surface area (Å²) in [5.74, 6) is 0.386. The maximum absolute atomic E-state index is 10.2. The van der Waals surface area contributed by atoms with E-state index in [4.69, 9.17) is 0 Å². The molecule has 112 valence electrons. The van der Waals surface area contributed by atoms with Crippen molar-refractivity contribution in [3.8, 4) is 0 Å². The molecule has 0 aromatic carbocycles. The maximum atomic E-state index is 10.2. The second kappa shape index (κ2) is 6.70. The molecule has 2 heterocycles. The van der Waals surface area contributed by atoms with E-state index in [0.717, 1.165) is 30.0 Å². The van der Waals surface area contributed by atoms with Crippen LogP contribution in [0, 0.1) is 19.8 Å². The molecule has 0 spiro atoms. The number of hydrogen-bond donors (Lipinski definition) is 2.